The Morgan fingerprint density at radius 1 is 0.647 bits per heavy atom. The summed E-state index contributed by atoms with van der Waals surface area (Å²) in [7, 11) is 0. The molecular weight excluding hydrogens is 426 g/mol. The maximum atomic E-state index is 13.0. The van der Waals surface area contributed by atoms with Gasteiger partial charge in [-0.05, 0) is 39.7 Å². The lowest BCUT2D eigenvalue weighted by atomic mass is 10.0. The number of Topliss-reactive ketones (excluding diaryl/α,β-unsaturated/α-hetero) is 2. The monoisotopic (exact) mass is 441 g/mol. The normalized spacial score (nSPS) is 13.4. The quantitative estimate of drug-likeness (QED) is 0.217. The topological polar surface area (TPSA) is 73.3 Å². The first-order valence-electron chi connectivity index (χ1n) is 10.9. The lowest BCUT2D eigenvalue weighted by molar-refractivity contribution is 0.0990. The number of carbonyl (C=O) groups is 2. The largest absolute Gasteiger partial charge is 0.435 e. The van der Waals surface area contributed by atoms with Gasteiger partial charge in [0.15, 0.2) is 17.1 Å². The van der Waals surface area contributed by atoms with Crippen LogP contribution in [0.3, 0.4) is 0 Å². The molecule has 0 saturated carbocycles. The molecule has 0 fully saturated rings. The molecule has 0 atom stereocenters. The Bertz CT molecular complexity index is 1760. The molecule has 0 unspecified atom stereocenters. The number of allylic oxidation sites excluding steroid dienone is 1. The van der Waals surface area contributed by atoms with Gasteiger partial charge in [0.25, 0.3) is 5.71 Å². The first-order chi connectivity index (χ1) is 16.6. The van der Waals surface area contributed by atoms with Crippen LogP contribution in [-0.2, 0) is 0 Å². The van der Waals surface area contributed by atoms with Crippen LogP contribution in [0.15, 0.2) is 99.3 Å². The lowest BCUT2D eigenvalue weighted by Gasteiger charge is -2.00. The van der Waals surface area contributed by atoms with E-state index in [1.54, 1.807) is 18.2 Å². The Balaban J connectivity index is 1.25. The molecule has 5 nitrogen and oxygen atoms in total. The average Bonchev–Trinajstić information content (AvgIpc) is 3.50. The molecule has 1 aliphatic rings. The van der Waals surface area contributed by atoms with E-state index >= 15 is 0 Å². The van der Waals surface area contributed by atoms with Crippen molar-refractivity contribution in [2.45, 2.75) is 0 Å². The molecular formula is C29H15NO4. The summed E-state index contributed by atoms with van der Waals surface area (Å²) in [5.74, 6) is 0.154. The number of benzene rings is 4. The van der Waals surface area contributed by atoms with Crippen molar-refractivity contribution in [3.8, 4) is 11.3 Å². The number of hydrogen-bond donors (Lipinski definition) is 0. The van der Waals surface area contributed by atoms with Crippen molar-refractivity contribution in [2.75, 3.05) is 0 Å². The van der Waals surface area contributed by atoms with Crippen LogP contribution in [-0.4, -0.2) is 16.6 Å². The highest BCUT2D eigenvalue weighted by atomic mass is 16.4. The van der Waals surface area contributed by atoms with Crippen LogP contribution >= 0.6 is 0 Å². The third-order valence-electron chi connectivity index (χ3n) is 6.27. The number of hydrogen-bond acceptors (Lipinski definition) is 5. The molecule has 0 spiro atoms. The van der Waals surface area contributed by atoms with Gasteiger partial charge >= 0.3 is 0 Å². The molecule has 7 rings (SSSR count). The summed E-state index contributed by atoms with van der Waals surface area (Å²) in [6, 6.07) is 27.1. The first-order valence-corrected chi connectivity index (χ1v) is 10.9. The number of ketones is 2. The predicted molar refractivity (Wildman–Crippen MR) is 130 cm³/mol. The first kappa shape index (κ1) is 18.8. The second-order valence-corrected chi connectivity index (χ2v) is 8.36. The van der Waals surface area contributed by atoms with E-state index in [9.17, 15) is 9.59 Å². The van der Waals surface area contributed by atoms with Crippen LogP contribution in [0.4, 0.5) is 0 Å². The standard InChI is InChI=1S/C29H15NO4/c31-27-21-12-18-7-3-4-8-19(18)13-22(21)28(32)23(27)14-26-30-29-25(33-26)15-24(34-29)20-10-9-16-5-1-2-6-17(16)11-20/h1-15H. The maximum absolute atomic E-state index is 13.0. The fraction of sp³-hybridized carbons (Fsp3) is 0. The van der Waals surface area contributed by atoms with Gasteiger partial charge in [-0.25, -0.2) is 0 Å². The van der Waals surface area contributed by atoms with Gasteiger partial charge in [0, 0.05) is 28.8 Å². The van der Waals surface area contributed by atoms with Crippen molar-refractivity contribution in [2.24, 2.45) is 0 Å². The molecule has 0 radical (unpaired) electrons. The smallest absolute Gasteiger partial charge is 0.266 e. The second-order valence-electron chi connectivity index (χ2n) is 8.36. The minimum Gasteiger partial charge on any atom is -0.435 e. The average molecular weight is 441 g/mol. The van der Waals surface area contributed by atoms with E-state index < -0.39 is 0 Å². The number of carbonyl (C=O) groups excluding carboxylic acids is 2. The zero-order chi connectivity index (χ0) is 22.8. The number of oxazole rings is 1. The highest BCUT2D eigenvalue weighted by molar-refractivity contribution is 6.42. The Labute approximate surface area is 192 Å². The Hall–Kier alpha value is -4.77. The van der Waals surface area contributed by atoms with Crippen molar-refractivity contribution in [3.05, 3.63) is 108 Å². The van der Waals surface area contributed by atoms with E-state index in [0.29, 0.717) is 28.2 Å². The van der Waals surface area contributed by atoms with Crippen LogP contribution in [0.5, 0.6) is 0 Å². The molecule has 4 aromatic carbocycles. The van der Waals surface area contributed by atoms with Crippen LogP contribution in [0.2, 0.25) is 0 Å². The third-order valence-corrected chi connectivity index (χ3v) is 6.27. The van der Waals surface area contributed by atoms with Gasteiger partial charge in [-0.3, -0.25) is 9.59 Å². The molecule has 0 bridgehead atoms. The zero-order valence-electron chi connectivity index (χ0n) is 17.7. The summed E-state index contributed by atoms with van der Waals surface area (Å²) in [6.45, 7) is 0. The van der Waals surface area contributed by atoms with Crippen molar-refractivity contribution in [3.63, 3.8) is 0 Å². The number of furan rings is 1. The molecule has 2 heterocycles. The van der Waals surface area contributed by atoms with E-state index in [2.05, 4.69) is 11.1 Å². The van der Waals surface area contributed by atoms with Gasteiger partial charge in [-0.15, -0.1) is 0 Å². The molecule has 0 saturated heterocycles. The molecule has 2 aromatic heterocycles. The lowest BCUT2D eigenvalue weighted by Crippen LogP contribution is -2.00. The molecule has 0 N–H and O–H groups in total. The minimum atomic E-state index is -0.322. The van der Waals surface area contributed by atoms with E-state index in [1.807, 2.05) is 60.7 Å². The summed E-state index contributed by atoms with van der Waals surface area (Å²) >= 11 is 0. The highest BCUT2D eigenvalue weighted by Crippen LogP contribution is 2.34. The van der Waals surface area contributed by atoms with E-state index in [0.717, 1.165) is 27.1 Å². The fourth-order valence-electron chi connectivity index (χ4n) is 4.56. The van der Waals surface area contributed by atoms with E-state index in [4.69, 9.17) is 8.83 Å². The predicted octanol–water partition coefficient (Wildman–Crippen LogP) is 6.86. The Morgan fingerprint density at radius 2 is 1.26 bits per heavy atom. The Kier molecular flexibility index (Phi) is 3.79. The molecule has 6 aromatic rings. The van der Waals surface area contributed by atoms with Crippen molar-refractivity contribution < 1.29 is 18.4 Å². The van der Waals surface area contributed by atoms with Gasteiger partial charge < -0.3 is 8.83 Å². The summed E-state index contributed by atoms with van der Waals surface area (Å²) in [5, 5.41) is 4.09. The zero-order valence-corrected chi connectivity index (χ0v) is 17.7. The number of nitrogens with zero attached hydrogens (tertiary/aromatic N) is 1. The SMILES string of the molecule is O=C1C(=Cc2nc3oc(-c4ccc5ccccc5c4)cc3o2)C(=O)c2cc3ccccc3cc21. The number of rotatable bonds is 2. The van der Waals surface area contributed by atoms with Gasteiger partial charge in [0.05, 0.1) is 5.57 Å². The van der Waals surface area contributed by atoms with Crippen LogP contribution < -0.4 is 0 Å². The van der Waals surface area contributed by atoms with Crippen LogP contribution in [0, 0.1) is 0 Å². The van der Waals surface area contributed by atoms with E-state index in [-0.39, 0.29) is 23.0 Å². The molecule has 160 valence electrons. The molecule has 34 heavy (non-hydrogen) atoms. The van der Waals surface area contributed by atoms with Crippen molar-refractivity contribution in [1.82, 2.24) is 4.98 Å². The molecule has 0 aliphatic heterocycles. The second kappa shape index (κ2) is 6.86. The summed E-state index contributed by atoms with van der Waals surface area (Å²) in [5.41, 5.74) is 2.54. The number of fused-ring (bicyclic) bond motifs is 4. The summed E-state index contributed by atoms with van der Waals surface area (Å²) < 4.78 is 11.7. The minimum absolute atomic E-state index is 0.0453. The highest BCUT2D eigenvalue weighted by Gasteiger charge is 2.34. The molecule has 5 heteroatoms. The van der Waals surface area contributed by atoms with Gasteiger partial charge in [-0.2, -0.15) is 4.98 Å². The van der Waals surface area contributed by atoms with Gasteiger partial charge in [0.2, 0.25) is 5.89 Å². The third kappa shape index (κ3) is 2.77. The van der Waals surface area contributed by atoms with Crippen LogP contribution in [0.1, 0.15) is 26.6 Å². The summed E-state index contributed by atoms with van der Waals surface area (Å²) in [6.07, 6.45) is 1.40. The fourth-order valence-corrected chi connectivity index (χ4v) is 4.56. The molecule has 1 aliphatic carbocycles. The maximum Gasteiger partial charge on any atom is 0.266 e. The van der Waals surface area contributed by atoms with Crippen molar-refractivity contribution in [1.29, 1.82) is 0 Å². The van der Waals surface area contributed by atoms with E-state index in [1.165, 1.54) is 6.08 Å². The molecule has 0 amide bonds. The van der Waals surface area contributed by atoms with Crippen molar-refractivity contribution >= 4 is 50.5 Å². The number of aromatic nitrogens is 1. The Morgan fingerprint density at radius 3 is 1.91 bits per heavy atom. The summed E-state index contributed by atoms with van der Waals surface area (Å²) in [4.78, 5) is 30.3. The van der Waals surface area contributed by atoms with Gasteiger partial charge in [0.1, 0.15) is 5.76 Å². The van der Waals surface area contributed by atoms with Gasteiger partial charge in [-0.1, -0.05) is 60.7 Å². The van der Waals surface area contributed by atoms with Crippen LogP contribution in [0.25, 0.3) is 50.2 Å².